The number of rotatable bonds is 6. The third-order valence-electron chi connectivity index (χ3n) is 3.64. The van der Waals surface area contributed by atoms with Crippen LogP contribution in [-0.4, -0.2) is 21.8 Å². The van der Waals surface area contributed by atoms with E-state index in [-0.39, 0.29) is 11.6 Å². The van der Waals surface area contributed by atoms with Gasteiger partial charge in [0.1, 0.15) is 12.4 Å². The smallest absolute Gasteiger partial charge is 0.270 e. The molecule has 27 heavy (non-hydrogen) atoms. The molecule has 0 atom stereocenters. The largest absolute Gasteiger partial charge is 0.490 e. The van der Waals surface area contributed by atoms with Crippen LogP contribution in [0.25, 0.3) is 6.08 Å². The van der Waals surface area contributed by atoms with Crippen LogP contribution in [0.15, 0.2) is 66.1 Å². The zero-order chi connectivity index (χ0) is 19.4. The highest BCUT2D eigenvalue weighted by atomic mass is 32.2. The van der Waals surface area contributed by atoms with Gasteiger partial charge < -0.3 is 4.74 Å². The molecule has 2 aromatic rings. The molecular weight excluding hydrogens is 384 g/mol. The number of anilines is 1. The summed E-state index contributed by atoms with van der Waals surface area (Å²) in [6.45, 7) is 4.00. The van der Waals surface area contributed by atoms with Crippen molar-refractivity contribution in [1.29, 1.82) is 0 Å². The Hall–Kier alpha value is -2.97. The maximum absolute atomic E-state index is 12.8. The molecule has 6 nitrogen and oxygen atoms in total. The molecule has 8 heteroatoms. The zero-order valence-electron chi connectivity index (χ0n) is 14.0. The summed E-state index contributed by atoms with van der Waals surface area (Å²) in [4.78, 5) is 24.9. The summed E-state index contributed by atoms with van der Waals surface area (Å²) in [7, 11) is 0. The Kier molecular flexibility index (Phi) is 5.68. The van der Waals surface area contributed by atoms with Crippen LogP contribution >= 0.6 is 24.0 Å². The lowest BCUT2D eigenvalue weighted by Crippen LogP contribution is -2.27. The van der Waals surface area contributed by atoms with Gasteiger partial charge in [0, 0.05) is 12.1 Å². The molecule has 1 aliphatic heterocycles. The fraction of sp³-hybridized carbons (Fsp3) is 0.0526. The molecule has 0 aliphatic carbocycles. The number of amides is 1. The summed E-state index contributed by atoms with van der Waals surface area (Å²) in [6, 6.07) is 13.0. The van der Waals surface area contributed by atoms with Crippen LogP contribution in [0.3, 0.4) is 0 Å². The quantitative estimate of drug-likeness (QED) is 0.233. The van der Waals surface area contributed by atoms with Gasteiger partial charge in [0.25, 0.3) is 11.6 Å². The van der Waals surface area contributed by atoms with Gasteiger partial charge >= 0.3 is 0 Å². The number of nitrogens with zero attached hydrogens (tertiary/aromatic N) is 2. The fourth-order valence-corrected chi connectivity index (χ4v) is 3.71. The highest BCUT2D eigenvalue weighted by molar-refractivity contribution is 8.27. The lowest BCUT2D eigenvalue weighted by Gasteiger charge is -2.13. The number of benzene rings is 2. The van der Waals surface area contributed by atoms with Gasteiger partial charge in [0.15, 0.2) is 4.32 Å². The molecule has 3 rings (SSSR count). The number of ether oxygens (including phenoxy) is 1. The van der Waals surface area contributed by atoms with Crippen LogP contribution in [0.2, 0.25) is 0 Å². The van der Waals surface area contributed by atoms with E-state index in [1.165, 1.54) is 40.9 Å². The van der Waals surface area contributed by atoms with Gasteiger partial charge in [-0.25, -0.2) is 0 Å². The zero-order valence-corrected chi connectivity index (χ0v) is 15.7. The second-order valence-corrected chi connectivity index (χ2v) is 7.14. The summed E-state index contributed by atoms with van der Waals surface area (Å²) in [5.41, 5.74) is 1.26. The standard InChI is InChI=1S/C19H14N2O4S2/c1-2-10-25-16-5-3-4-13(11-16)12-17-18(22)20(19(26)27-17)14-6-8-15(9-7-14)21(23)24/h2-9,11-12H,1,10H2/b17-12-. The van der Waals surface area contributed by atoms with Crippen molar-refractivity contribution in [3.63, 3.8) is 0 Å². The minimum Gasteiger partial charge on any atom is -0.490 e. The summed E-state index contributed by atoms with van der Waals surface area (Å²) in [6.07, 6.45) is 3.40. The van der Waals surface area contributed by atoms with E-state index in [0.717, 1.165) is 5.56 Å². The molecule has 0 N–H and O–H groups in total. The third kappa shape index (κ3) is 4.24. The number of carbonyl (C=O) groups excluding carboxylic acids is 1. The van der Waals surface area contributed by atoms with Gasteiger partial charge in [0.2, 0.25) is 0 Å². The maximum Gasteiger partial charge on any atom is 0.270 e. The third-order valence-corrected chi connectivity index (χ3v) is 4.94. The normalized spacial score (nSPS) is 15.3. The molecule has 1 amide bonds. The van der Waals surface area contributed by atoms with E-state index in [2.05, 4.69) is 6.58 Å². The minimum atomic E-state index is -0.491. The highest BCUT2D eigenvalue weighted by Gasteiger charge is 2.33. The Bertz CT molecular complexity index is 954. The van der Waals surface area contributed by atoms with Crippen molar-refractivity contribution in [3.05, 3.63) is 81.8 Å². The molecule has 1 fully saturated rings. The molecule has 0 saturated carbocycles. The van der Waals surface area contributed by atoms with Gasteiger partial charge in [-0.15, -0.1) is 0 Å². The predicted molar refractivity (Wildman–Crippen MR) is 111 cm³/mol. The van der Waals surface area contributed by atoms with Crippen LogP contribution in [0.5, 0.6) is 5.75 Å². The van der Waals surface area contributed by atoms with Crippen LogP contribution < -0.4 is 9.64 Å². The van der Waals surface area contributed by atoms with E-state index < -0.39 is 4.92 Å². The Morgan fingerprint density at radius 3 is 2.67 bits per heavy atom. The van der Waals surface area contributed by atoms with Gasteiger partial charge in [-0.3, -0.25) is 19.8 Å². The molecule has 136 valence electrons. The van der Waals surface area contributed by atoms with E-state index >= 15 is 0 Å². The molecule has 2 aromatic carbocycles. The number of thiocarbonyl (C=S) groups is 1. The second kappa shape index (κ2) is 8.15. The van der Waals surface area contributed by atoms with Gasteiger partial charge in [-0.05, 0) is 35.9 Å². The Morgan fingerprint density at radius 1 is 1.26 bits per heavy atom. The first-order valence-corrected chi connectivity index (χ1v) is 9.08. The average Bonchev–Trinajstić information content (AvgIpc) is 2.93. The molecule has 0 radical (unpaired) electrons. The van der Waals surface area contributed by atoms with Gasteiger partial charge in [-0.2, -0.15) is 0 Å². The molecule has 1 saturated heterocycles. The first-order valence-electron chi connectivity index (χ1n) is 7.86. The van der Waals surface area contributed by atoms with Gasteiger partial charge in [-0.1, -0.05) is 48.8 Å². The number of nitro benzene ring substituents is 1. The molecule has 1 heterocycles. The number of thioether (sulfide) groups is 1. The lowest BCUT2D eigenvalue weighted by molar-refractivity contribution is -0.384. The minimum absolute atomic E-state index is 0.0453. The van der Waals surface area contributed by atoms with Crippen molar-refractivity contribution in [2.45, 2.75) is 0 Å². The molecule has 0 bridgehead atoms. The monoisotopic (exact) mass is 398 g/mol. The van der Waals surface area contributed by atoms with E-state index in [4.69, 9.17) is 17.0 Å². The van der Waals surface area contributed by atoms with Crippen molar-refractivity contribution < 1.29 is 14.5 Å². The number of carbonyl (C=O) groups is 1. The van der Waals surface area contributed by atoms with Crippen LogP contribution in [0, 0.1) is 10.1 Å². The molecular formula is C19H14N2O4S2. The number of hydrogen-bond donors (Lipinski definition) is 0. The predicted octanol–water partition coefficient (Wildman–Crippen LogP) is 4.57. The molecule has 0 unspecified atom stereocenters. The maximum atomic E-state index is 12.8. The first kappa shape index (κ1) is 18.8. The fourth-order valence-electron chi connectivity index (χ4n) is 2.41. The van der Waals surface area contributed by atoms with Crippen molar-refractivity contribution in [2.24, 2.45) is 0 Å². The van der Waals surface area contributed by atoms with Crippen LogP contribution in [-0.2, 0) is 4.79 Å². The number of nitro groups is 1. The molecule has 0 aromatic heterocycles. The Morgan fingerprint density at radius 2 is 2.00 bits per heavy atom. The highest BCUT2D eigenvalue weighted by Crippen LogP contribution is 2.36. The van der Waals surface area contributed by atoms with E-state index in [1.54, 1.807) is 12.2 Å². The van der Waals surface area contributed by atoms with E-state index in [0.29, 0.717) is 27.3 Å². The van der Waals surface area contributed by atoms with Crippen LogP contribution in [0.1, 0.15) is 5.56 Å². The van der Waals surface area contributed by atoms with E-state index in [9.17, 15) is 14.9 Å². The van der Waals surface area contributed by atoms with Crippen molar-refractivity contribution in [1.82, 2.24) is 0 Å². The molecule has 0 spiro atoms. The summed E-state index contributed by atoms with van der Waals surface area (Å²) in [5, 5.41) is 10.8. The van der Waals surface area contributed by atoms with Gasteiger partial charge in [0.05, 0.1) is 15.5 Å². The topological polar surface area (TPSA) is 72.7 Å². The Balaban J connectivity index is 1.84. The molecule has 1 aliphatic rings. The second-order valence-electron chi connectivity index (χ2n) is 5.46. The summed E-state index contributed by atoms with van der Waals surface area (Å²) >= 11 is 6.50. The average molecular weight is 398 g/mol. The van der Waals surface area contributed by atoms with Crippen molar-refractivity contribution in [3.8, 4) is 5.75 Å². The lowest BCUT2D eigenvalue weighted by atomic mass is 10.2. The number of non-ortho nitro benzene ring substituents is 1. The van der Waals surface area contributed by atoms with Crippen LogP contribution in [0.4, 0.5) is 11.4 Å². The Labute approximate surface area is 165 Å². The van der Waals surface area contributed by atoms with Crippen molar-refractivity contribution in [2.75, 3.05) is 11.5 Å². The SMILES string of the molecule is C=CCOc1cccc(/C=C2\SC(=S)N(c3ccc([N+](=O)[O-])cc3)C2=O)c1. The first-order chi connectivity index (χ1) is 13.0. The summed E-state index contributed by atoms with van der Waals surface area (Å²) < 4.78 is 5.87. The van der Waals surface area contributed by atoms with E-state index in [1.807, 2.05) is 24.3 Å². The number of hydrogen-bond acceptors (Lipinski definition) is 6. The van der Waals surface area contributed by atoms with Crippen molar-refractivity contribution >= 4 is 51.7 Å². The summed E-state index contributed by atoms with van der Waals surface area (Å²) in [5.74, 6) is 0.408.